The Labute approximate surface area is 149 Å². The highest BCUT2D eigenvalue weighted by atomic mass is 35.5. The van der Waals surface area contributed by atoms with Crippen LogP contribution in [0.4, 0.5) is 5.69 Å². The zero-order valence-corrected chi connectivity index (χ0v) is 15.2. The molecule has 0 saturated carbocycles. The average Bonchev–Trinajstić information content (AvgIpc) is 2.83. The molecule has 8 heteroatoms. The fraction of sp³-hybridized carbons (Fsp3) is 0.562. The summed E-state index contributed by atoms with van der Waals surface area (Å²) in [4.78, 5) is 12.2. The molecular formula is C16H24ClN3O3S. The Bertz CT molecular complexity index is 709. The Morgan fingerprint density at radius 2 is 2.12 bits per heavy atom. The number of hydrogen-bond donors (Lipinski definition) is 2. The molecule has 1 heterocycles. The first-order chi connectivity index (χ1) is 11.0. The van der Waals surface area contributed by atoms with Gasteiger partial charge in [-0.1, -0.05) is 6.07 Å². The van der Waals surface area contributed by atoms with Gasteiger partial charge >= 0.3 is 0 Å². The van der Waals surface area contributed by atoms with Gasteiger partial charge in [-0.15, -0.1) is 12.4 Å². The number of carbonyl (C=O) groups excluding carboxylic acids is 1. The number of nitrogens with zero attached hydrogens (tertiary/aromatic N) is 1. The van der Waals surface area contributed by atoms with E-state index in [1.807, 2.05) is 18.2 Å². The third-order valence-corrected chi connectivity index (χ3v) is 6.56. The number of hydrogen-bond acceptors (Lipinski definition) is 4. The van der Waals surface area contributed by atoms with Crippen LogP contribution in [0.1, 0.15) is 42.9 Å². The molecule has 1 atom stereocenters. The summed E-state index contributed by atoms with van der Waals surface area (Å²) in [7, 11) is -3.13. The third kappa shape index (κ3) is 4.20. The molecule has 2 aliphatic rings. The number of nitrogens with two attached hydrogens (primary N) is 1. The number of nitrogen functional groups attached to an aromatic ring is 1. The van der Waals surface area contributed by atoms with Crippen LogP contribution in [-0.4, -0.2) is 37.5 Å². The Balaban J connectivity index is 0.00000208. The highest BCUT2D eigenvalue weighted by Gasteiger charge is 2.28. The van der Waals surface area contributed by atoms with Gasteiger partial charge in [0.25, 0.3) is 0 Å². The number of rotatable bonds is 4. The molecule has 0 spiro atoms. The van der Waals surface area contributed by atoms with Gasteiger partial charge in [0.15, 0.2) is 0 Å². The van der Waals surface area contributed by atoms with Crippen LogP contribution in [-0.2, 0) is 21.2 Å². The van der Waals surface area contributed by atoms with Crippen molar-refractivity contribution in [1.29, 1.82) is 0 Å². The molecule has 1 aliphatic carbocycles. The lowest BCUT2D eigenvalue weighted by Crippen LogP contribution is -2.35. The SMILES string of the molecule is Cl.Nc1ccc2c(c1)CCCC2NC(=O)CCN1CCCS1(=O)=O. The van der Waals surface area contributed by atoms with Gasteiger partial charge in [-0.3, -0.25) is 4.79 Å². The first-order valence-corrected chi connectivity index (χ1v) is 9.72. The highest BCUT2D eigenvalue weighted by Crippen LogP contribution is 2.31. The van der Waals surface area contributed by atoms with E-state index in [0.717, 1.165) is 30.5 Å². The average molecular weight is 374 g/mol. The van der Waals surface area contributed by atoms with Gasteiger partial charge < -0.3 is 11.1 Å². The lowest BCUT2D eigenvalue weighted by atomic mass is 9.87. The molecule has 1 aliphatic heterocycles. The van der Waals surface area contributed by atoms with E-state index >= 15 is 0 Å². The molecular weight excluding hydrogens is 350 g/mol. The molecule has 24 heavy (non-hydrogen) atoms. The van der Waals surface area contributed by atoms with Crippen LogP contribution in [0.3, 0.4) is 0 Å². The molecule has 1 aromatic carbocycles. The summed E-state index contributed by atoms with van der Waals surface area (Å²) >= 11 is 0. The number of sulfonamides is 1. The lowest BCUT2D eigenvalue weighted by Gasteiger charge is -2.27. The van der Waals surface area contributed by atoms with Gasteiger partial charge in [0.1, 0.15) is 0 Å². The van der Waals surface area contributed by atoms with E-state index in [2.05, 4.69) is 5.32 Å². The number of halogens is 1. The van der Waals surface area contributed by atoms with Crippen LogP contribution in [0, 0.1) is 0 Å². The number of nitrogens with one attached hydrogen (secondary N) is 1. The molecule has 1 saturated heterocycles. The molecule has 1 amide bonds. The van der Waals surface area contributed by atoms with Crippen LogP contribution >= 0.6 is 12.4 Å². The van der Waals surface area contributed by atoms with E-state index < -0.39 is 10.0 Å². The van der Waals surface area contributed by atoms with Crippen molar-refractivity contribution in [2.45, 2.75) is 38.1 Å². The second-order valence-electron chi connectivity index (χ2n) is 6.29. The van der Waals surface area contributed by atoms with Crippen molar-refractivity contribution in [3.05, 3.63) is 29.3 Å². The molecule has 3 rings (SSSR count). The normalized spacial score (nSPS) is 22.4. The number of carbonyl (C=O) groups is 1. The van der Waals surface area contributed by atoms with Crippen molar-refractivity contribution < 1.29 is 13.2 Å². The monoisotopic (exact) mass is 373 g/mol. The molecule has 6 nitrogen and oxygen atoms in total. The topological polar surface area (TPSA) is 92.5 Å². The standard InChI is InChI=1S/C16H23N3O3S.ClH/c17-13-5-6-14-12(11-13)3-1-4-15(14)18-16(20)7-9-19-8-2-10-23(19,21)22;/h5-6,11,15H,1-4,7-10,17H2,(H,18,20);1H. The number of aryl methyl sites for hydroxylation is 1. The highest BCUT2D eigenvalue weighted by molar-refractivity contribution is 7.89. The smallest absolute Gasteiger partial charge is 0.221 e. The third-order valence-electron chi connectivity index (χ3n) is 4.61. The predicted octanol–water partition coefficient (Wildman–Crippen LogP) is 1.61. The van der Waals surface area contributed by atoms with Gasteiger partial charge in [0.05, 0.1) is 11.8 Å². The van der Waals surface area contributed by atoms with E-state index in [1.54, 1.807) is 0 Å². The summed E-state index contributed by atoms with van der Waals surface area (Å²) < 4.78 is 24.9. The van der Waals surface area contributed by atoms with Crippen LogP contribution in [0.25, 0.3) is 0 Å². The summed E-state index contributed by atoms with van der Waals surface area (Å²) in [5, 5.41) is 3.04. The van der Waals surface area contributed by atoms with Crippen LogP contribution in [0.15, 0.2) is 18.2 Å². The number of benzene rings is 1. The largest absolute Gasteiger partial charge is 0.399 e. The Hall–Kier alpha value is -1.31. The molecule has 1 unspecified atom stereocenters. The van der Waals surface area contributed by atoms with Crippen LogP contribution < -0.4 is 11.1 Å². The van der Waals surface area contributed by atoms with Gasteiger partial charge in [-0.05, 0) is 48.9 Å². The summed E-state index contributed by atoms with van der Waals surface area (Å²) in [5.41, 5.74) is 8.90. The van der Waals surface area contributed by atoms with Gasteiger partial charge in [0, 0.05) is 25.2 Å². The van der Waals surface area contributed by atoms with E-state index in [0.29, 0.717) is 13.0 Å². The van der Waals surface area contributed by atoms with E-state index in [1.165, 1.54) is 9.87 Å². The van der Waals surface area contributed by atoms with Crippen molar-refractivity contribution in [3.8, 4) is 0 Å². The Kier molecular flexibility index (Phi) is 6.11. The second kappa shape index (κ2) is 7.72. The van der Waals surface area contributed by atoms with Crippen molar-refractivity contribution >= 4 is 34.0 Å². The lowest BCUT2D eigenvalue weighted by molar-refractivity contribution is -0.122. The number of anilines is 1. The zero-order chi connectivity index (χ0) is 16.4. The Morgan fingerprint density at radius 3 is 2.83 bits per heavy atom. The second-order valence-corrected chi connectivity index (χ2v) is 8.38. The quantitative estimate of drug-likeness (QED) is 0.784. The minimum Gasteiger partial charge on any atom is -0.399 e. The summed E-state index contributed by atoms with van der Waals surface area (Å²) in [6, 6.07) is 5.83. The van der Waals surface area contributed by atoms with Gasteiger partial charge in [-0.2, -0.15) is 0 Å². The van der Waals surface area contributed by atoms with Crippen molar-refractivity contribution in [3.63, 3.8) is 0 Å². The van der Waals surface area contributed by atoms with E-state index in [9.17, 15) is 13.2 Å². The van der Waals surface area contributed by atoms with E-state index in [4.69, 9.17) is 5.73 Å². The molecule has 0 radical (unpaired) electrons. The molecule has 3 N–H and O–H groups in total. The van der Waals surface area contributed by atoms with Gasteiger partial charge in [0.2, 0.25) is 15.9 Å². The zero-order valence-electron chi connectivity index (χ0n) is 13.5. The van der Waals surface area contributed by atoms with Crippen LogP contribution in [0.5, 0.6) is 0 Å². The van der Waals surface area contributed by atoms with Crippen molar-refractivity contribution in [1.82, 2.24) is 9.62 Å². The molecule has 1 fully saturated rings. The molecule has 1 aromatic rings. The first kappa shape index (κ1) is 19.0. The maximum Gasteiger partial charge on any atom is 0.221 e. The molecule has 0 aromatic heterocycles. The van der Waals surface area contributed by atoms with Crippen molar-refractivity contribution in [2.24, 2.45) is 0 Å². The summed E-state index contributed by atoms with van der Waals surface area (Å²) in [6.07, 6.45) is 3.77. The minimum atomic E-state index is -3.13. The number of fused-ring (bicyclic) bond motifs is 1. The molecule has 0 bridgehead atoms. The number of amides is 1. The molecule has 134 valence electrons. The first-order valence-electron chi connectivity index (χ1n) is 8.11. The summed E-state index contributed by atoms with van der Waals surface area (Å²) in [6.45, 7) is 0.802. The van der Waals surface area contributed by atoms with Crippen LogP contribution in [0.2, 0.25) is 0 Å². The minimum absolute atomic E-state index is 0. The fourth-order valence-corrected chi connectivity index (χ4v) is 4.95. The predicted molar refractivity (Wildman–Crippen MR) is 96.5 cm³/mol. The summed E-state index contributed by atoms with van der Waals surface area (Å²) in [5.74, 6) is 0.105. The van der Waals surface area contributed by atoms with Crippen molar-refractivity contribution in [2.75, 3.05) is 24.6 Å². The Morgan fingerprint density at radius 1 is 1.33 bits per heavy atom. The van der Waals surface area contributed by atoms with Gasteiger partial charge in [-0.25, -0.2) is 12.7 Å². The maximum absolute atomic E-state index is 12.2. The maximum atomic E-state index is 12.2. The fourth-order valence-electron chi connectivity index (χ4n) is 3.42. The van der Waals surface area contributed by atoms with E-state index in [-0.39, 0.29) is 43.1 Å².